The maximum atomic E-state index is 11.1. The molecule has 76 valence electrons. The van der Waals surface area contributed by atoms with Gasteiger partial charge in [0.1, 0.15) is 0 Å². The molecule has 0 aromatic heterocycles. The van der Waals surface area contributed by atoms with Gasteiger partial charge in [-0.25, -0.2) is 0 Å². The van der Waals surface area contributed by atoms with Gasteiger partial charge in [-0.1, -0.05) is 0 Å². The lowest BCUT2D eigenvalue weighted by molar-refractivity contribution is -0.155. The Morgan fingerprint density at radius 3 is 1.20 bits per heavy atom. The zero-order chi connectivity index (χ0) is 11.0. The third-order valence-electron chi connectivity index (χ3n) is 1.82. The van der Waals surface area contributed by atoms with Crippen LogP contribution in [0, 0.1) is 0 Å². The lowest BCUT2D eigenvalue weighted by Crippen LogP contribution is -2.54. The van der Waals surface area contributed by atoms with Crippen molar-refractivity contribution in [3.05, 3.63) is 24.3 Å². The molecule has 15 heavy (non-hydrogen) atoms. The van der Waals surface area contributed by atoms with E-state index in [1.54, 1.807) is 0 Å². The van der Waals surface area contributed by atoms with E-state index in [1.807, 2.05) is 0 Å². The van der Waals surface area contributed by atoms with Crippen LogP contribution in [0.3, 0.4) is 0 Å². The highest BCUT2D eigenvalue weighted by molar-refractivity contribution is 6.15. The molecule has 0 saturated heterocycles. The molecule has 2 aliphatic heterocycles. The average Bonchev–Trinajstić information content (AvgIpc) is 2.67. The molecule has 0 atom stereocenters. The van der Waals surface area contributed by atoms with Crippen LogP contribution in [0.25, 0.3) is 0 Å². The fourth-order valence-electron chi connectivity index (χ4n) is 1.10. The van der Waals surface area contributed by atoms with Gasteiger partial charge in [-0.15, -0.1) is 5.53 Å². The van der Waals surface area contributed by atoms with Gasteiger partial charge in [0.15, 0.2) is 0 Å². The lowest BCUT2D eigenvalue weighted by Gasteiger charge is -2.21. The molecule has 0 unspecified atom stereocenters. The van der Waals surface area contributed by atoms with Crippen molar-refractivity contribution >= 4 is 23.6 Å². The molecule has 0 fully saturated rings. The van der Waals surface area contributed by atoms with Gasteiger partial charge < -0.3 is 0 Å². The normalized spacial score (nSPS) is 20.0. The molecule has 0 bridgehead atoms. The first-order chi connectivity index (χ1) is 7.09. The number of imide groups is 2. The number of carbonyl (C=O) groups excluding carboxylic acids is 4. The van der Waals surface area contributed by atoms with E-state index in [2.05, 4.69) is 5.53 Å². The van der Waals surface area contributed by atoms with E-state index >= 15 is 0 Å². The van der Waals surface area contributed by atoms with Crippen molar-refractivity contribution in [2.45, 2.75) is 0 Å². The quantitative estimate of drug-likeness (QED) is 0.543. The Bertz CT molecular complexity index is 361. The van der Waals surface area contributed by atoms with Crippen LogP contribution in [0.4, 0.5) is 0 Å². The molecule has 0 spiro atoms. The average molecular weight is 207 g/mol. The number of hydrogen-bond acceptors (Lipinski definition) is 5. The van der Waals surface area contributed by atoms with Crippen LogP contribution < -0.4 is 5.53 Å². The van der Waals surface area contributed by atoms with E-state index in [0.717, 1.165) is 24.3 Å². The zero-order valence-corrected chi connectivity index (χ0v) is 7.34. The number of nitrogens with one attached hydrogen (secondary N) is 1. The van der Waals surface area contributed by atoms with Crippen molar-refractivity contribution in [1.82, 2.24) is 15.6 Å². The fourth-order valence-corrected chi connectivity index (χ4v) is 1.10. The third-order valence-corrected chi connectivity index (χ3v) is 1.82. The summed E-state index contributed by atoms with van der Waals surface area (Å²) in [4.78, 5) is 44.3. The largest absolute Gasteiger partial charge is 0.269 e. The molecule has 0 saturated carbocycles. The van der Waals surface area contributed by atoms with E-state index < -0.39 is 23.6 Å². The topological polar surface area (TPSA) is 86.8 Å². The molecule has 7 heteroatoms. The SMILES string of the molecule is O=C1C=CC(=O)N1NN1C(=O)C=CC1=O. The first-order valence-corrected chi connectivity index (χ1v) is 3.98. The van der Waals surface area contributed by atoms with Crippen LogP contribution in [0.15, 0.2) is 24.3 Å². The van der Waals surface area contributed by atoms with Gasteiger partial charge in [-0.05, 0) is 0 Å². The van der Waals surface area contributed by atoms with Crippen LogP contribution in [0.2, 0.25) is 0 Å². The molecule has 0 aromatic carbocycles. The van der Waals surface area contributed by atoms with Gasteiger partial charge in [0.25, 0.3) is 23.6 Å². The fraction of sp³-hybridized carbons (Fsp3) is 0. The highest BCUT2D eigenvalue weighted by Gasteiger charge is 2.31. The molecule has 7 nitrogen and oxygen atoms in total. The molecule has 1 N–H and O–H groups in total. The Morgan fingerprint density at radius 2 is 0.933 bits per heavy atom. The second kappa shape index (κ2) is 3.14. The van der Waals surface area contributed by atoms with Crippen LogP contribution in [0.1, 0.15) is 0 Å². The van der Waals surface area contributed by atoms with Crippen molar-refractivity contribution in [2.75, 3.05) is 0 Å². The van der Waals surface area contributed by atoms with Gasteiger partial charge in [-0.3, -0.25) is 19.2 Å². The Labute approximate surface area is 83.6 Å². The van der Waals surface area contributed by atoms with Gasteiger partial charge in [-0.2, -0.15) is 10.0 Å². The van der Waals surface area contributed by atoms with E-state index in [1.165, 1.54) is 0 Å². The molecule has 4 amide bonds. The first-order valence-electron chi connectivity index (χ1n) is 3.98. The zero-order valence-electron chi connectivity index (χ0n) is 7.34. The second-order valence-electron chi connectivity index (χ2n) is 2.79. The standard InChI is InChI=1S/C8H5N3O4/c12-5-1-2-6(13)10(5)9-11-7(14)3-4-8(11)15/h1-4,9H. The summed E-state index contributed by atoms with van der Waals surface area (Å²) in [5.74, 6) is -2.53. The molecule has 2 rings (SSSR count). The van der Waals surface area contributed by atoms with Crippen LogP contribution in [-0.2, 0) is 19.2 Å². The Balaban J connectivity index is 2.10. The van der Waals surface area contributed by atoms with Crippen molar-refractivity contribution in [2.24, 2.45) is 0 Å². The Hall–Kier alpha value is -2.28. The molecule has 0 radical (unpaired) electrons. The third kappa shape index (κ3) is 1.44. The van der Waals surface area contributed by atoms with E-state index in [-0.39, 0.29) is 0 Å². The van der Waals surface area contributed by atoms with E-state index in [4.69, 9.17) is 0 Å². The summed E-state index contributed by atoms with van der Waals surface area (Å²) >= 11 is 0. The minimum Gasteiger partial charge on any atom is -0.268 e. The lowest BCUT2D eigenvalue weighted by atomic mass is 10.6. The first kappa shape index (κ1) is 9.28. The summed E-state index contributed by atoms with van der Waals surface area (Å²) in [6, 6.07) is 0. The summed E-state index contributed by atoms with van der Waals surface area (Å²) in [7, 11) is 0. The maximum absolute atomic E-state index is 11.1. The van der Waals surface area contributed by atoms with Crippen LogP contribution in [-0.4, -0.2) is 33.6 Å². The molecule has 2 aliphatic rings. The van der Waals surface area contributed by atoms with Gasteiger partial charge in [0, 0.05) is 24.3 Å². The Morgan fingerprint density at radius 1 is 0.667 bits per heavy atom. The number of hydrogen-bond donors (Lipinski definition) is 1. The minimum absolute atomic E-state index is 0.572. The summed E-state index contributed by atoms with van der Waals surface area (Å²) in [6.45, 7) is 0. The number of amides is 4. The van der Waals surface area contributed by atoms with Crippen molar-refractivity contribution in [3.63, 3.8) is 0 Å². The summed E-state index contributed by atoms with van der Waals surface area (Å²) in [5, 5.41) is 1.14. The van der Waals surface area contributed by atoms with E-state index in [9.17, 15) is 19.2 Å². The number of rotatable bonds is 2. The van der Waals surface area contributed by atoms with Gasteiger partial charge in [0.05, 0.1) is 0 Å². The minimum atomic E-state index is -0.632. The van der Waals surface area contributed by atoms with Crippen LogP contribution >= 0.6 is 0 Å². The summed E-state index contributed by atoms with van der Waals surface area (Å²) in [6.07, 6.45) is 4.14. The molecule has 0 aliphatic carbocycles. The monoisotopic (exact) mass is 207 g/mol. The molecular weight excluding hydrogens is 202 g/mol. The highest BCUT2D eigenvalue weighted by Crippen LogP contribution is 2.04. The van der Waals surface area contributed by atoms with Gasteiger partial charge in [0.2, 0.25) is 0 Å². The number of carbonyl (C=O) groups is 4. The summed E-state index contributed by atoms with van der Waals surface area (Å²) < 4.78 is 0. The predicted molar refractivity (Wildman–Crippen MR) is 45.1 cm³/mol. The number of nitrogens with zero attached hydrogens (tertiary/aromatic N) is 2. The molecule has 0 aromatic rings. The van der Waals surface area contributed by atoms with Gasteiger partial charge >= 0.3 is 0 Å². The smallest absolute Gasteiger partial charge is 0.268 e. The Kier molecular flexibility index (Phi) is 1.94. The summed E-state index contributed by atoms with van der Waals surface area (Å²) in [5.41, 5.74) is 2.12. The highest BCUT2D eigenvalue weighted by atomic mass is 16.2. The van der Waals surface area contributed by atoms with E-state index in [0.29, 0.717) is 10.0 Å². The van der Waals surface area contributed by atoms with Crippen molar-refractivity contribution in [3.8, 4) is 0 Å². The second-order valence-corrected chi connectivity index (χ2v) is 2.79. The van der Waals surface area contributed by atoms with Crippen LogP contribution in [0.5, 0.6) is 0 Å². The number of hydrazine groups is 2. The maximum Gasteiger partial charge on any atom is 0.269 e. The molecular formula is C8H5N3O4. The molecule has 2 heterocycles. The predicted octanol–water partition coefficient (Wildman–Crippen LogP) is -1.74. The van der Waals surface area contributed by atoms with Crippen molar-refractivity contribution in [1.29, 1.82) is 0 Å². The van der Waals surface area contributed by atoms with Crippen molar-refractivity contribution < 1.29 is 19.2 Å².